The van der Waals surface area contributed by atoms with E-state index in [0.717, 1.165) is 29.2 Å². The molecule has 0 fully saturated rings. The van der Waals surface area contributed by atoms with Gasteiger partial charge in [-0.25, -0.2) is 8.42 Å². The average Bonchev–Trinajstić information content (AvgIpc) is 2.56. The summed E-state index contributed by atoms with van der Waals surface area (Å²) in [5, 5.41) is 0.153. The van der Waals surface area contributed by atoms with E-state index < -0.39 is 8.87 Å². The van der Waals surface area contributed by atoms with Gasteiger partial charge in [0.05, 0.1) is 4.90 Å². The zero-order chi connectivity index (χ0) is 18.5. The van der Waals surface area contributed by atoms with Crippen molar-refractivity contribution in [2.24, 2.45) is 0 Å². The summed E-state index contributed by atoms with van der Waals surface area (Å²) in [6, 6.07) is 7.15. The highest BCUT2D eigenvalue weighted by Crippen LogP contribution is 2.30. The maximum absolute atomic E-state index is 12.4. The normalized spacial score (nSPS) is 13.1. The van der Waals surface area contributed by atoms with E-state index in [9.17, 15) is 8.42 Å². The van der Waals surface area contributed by atoms with Crippen LogP contribution in [0.3, 0.4) is 0 Å². The molecule has 0 radical (unpaired) electrons. The van der Waals surface area contributed by atoms with Gasteiger partial charge < -0.3 is 0 Å². The minimum atomic E-state index is -3.22. The van der Waals surface area contributed by atoms with Crippen molar-refractivity contribution in [3.8, 4) is 0 Å². The number of hydrogen-bond donors (Lipinski definition) is 0. The lowest BCUT2D eigenvalue weighted by molar-refractivity contribution is 0.549. The molecular formula is C21H36O2S2. The molecule has 0 aliphatic heterocycles. The van der Waals surface area contributed by atoms with Crippen LogP contribution in [0.4, 0.5) is 0 Å². The van der Waals surface area contributed by atoms with Crippen molar-refractivity contribution in [2.75, 3.05) is 0 Å². The van der Waals surface area contributed by atoms with Gasteiger partial charge in [0.15, 0.2) is 0 Å². The zero-order valence-electron chi connectivity index (χ0n) is 16.3. The van der Waals surface area contributed by atoms with Gasteiger partial charge in [-0.2, -0.15) is 0 Å². The van der Waals surface area contributed by atoms with E-state index in [4.69, 9.17) is 0 Å². The number of aryl methyl sites for hydroxylation is 1. The lowest BCUT2D eigenvalue weighted by atomic mass is 10.1. The minimum Gasteiger partial charge on any atom is -0.212 e. The molecule has 0 N–H and O–H groups in total. The van der Waals surface area contributed by atoms with E-state index in [0.29, 0.717) is 4.90 Å². The number of hydrogen-bond acceptors (Lipinski definition) is 3. The topological polar surface area (TPSA) is 34.1 Å². The molecule has 1 atom stereocenters. The quantitative estimate of drug-likeness (QED) is 0.253. The average molecular weight is 385 g/mol. The third kappa shape index (κ3) is 10.3. The summed E-state index contributed by atoms with van der Waals surface area (Å²) in [6.45, 7) is 6.26. The Kier molecular flexibility index (Phi) is 11.6. The Morgan fingerprint density at radius 1 is 0.840 bits per heavy atom. The van der Waals surface area contributed by atoms with Gasteiger partial charge in [-0.3, -0.25) is 0 Å². The Hall–Kier alpha value is -0.480. The first-order chi connectivity index (χ1) is 12.0. The first-order valence-electron chi connectivity index (χ1n) is 9.95. The molecular weight excluding hydrogens is 348 g/mol. The summed E-state index contributed by atoms with van der Waals surface area (Å²) in [4.78, 5) is 0.429. The van der Waals surface area contributed by atoms with E-state index in [-0.39, 0.29) is 5.25 Å². The summed E-state index contributed by atoms with van der Waals surface area (Å²) in [6.07, 6.45) is 14.2. The van der Waals surface area contributed by atoms with Gasteiger partial charge in [0.25, 0.3) is 0 Å². The number of rotatable bonds is 14. The molecule has 0 saturated heterocycles. The van der Waals surface area contributed by atoms with Gasteiger partial charge in [0, 0.05) is 5.25 Å². The van der Waals surface area contributed by atoms with Crippen LogP contribution in [0, 0.1) is 6.92 Å². The maximum Gasteiger partial charge on any atom is 0.230 e. The fourth-order valence-electron chi connectivity index (χ4n) is 2.94. The van der Waals surface area contributed by atoms with Gasteiger partial charge in [-0.1, -0.05) is 95.8 Å². The predicted molar refractivity (Wildman–Crippen MR) is 112 cm³/mol. The van der Waals surface area contributed by atoms with Crippen LogP contribution < -0.4 is 0 Å². The maximum atomic E-state index is 12.4. The molecule has 0 heterocycles. The molecule has 1 aromatic rings. The van der Waals surface area contributed by atoms with Gasteiger partial charge in [0.1, 0.15) is 0 Å². The van der Waals surface area contributed by atoms with E-state index >= 15 is 0 Å². The molecule has 25 heavy (non-hydrogen) atoms. The van der Waals surface area contributed by atoms with Gasteiger partial charge in [-0.15, -0.1) is 0 Å². The fourth-order valence-corrected chi connectivity index (χ4v) is 6.47. The molecule has 0 saturated carbocycles. The summed E-state index contributed by atoms with van der Waals surface area (Å²) >= 11 is 0. The molecule has 1 aromatic carbocycles. The van der Waals surface area contributed by atoms with Crippen molar-refractivity contribution in [2.45, 2.75) is 102 Å². The Morgan fingerprint density at radius 2 is 1.32 bits per heavy atom. The highest BCUT2D eigenvalue weighted by atomic mass is 33.1. The Labute approximate surface area is 159 Å². The van der Waals surface area contributed by atoms with Crippen molar-refractivity contribution in [3.63, 3.8) is 0 Å². The van der Waals surface area contributed by atoms with Crippen LogP contribution in [0.1, 0.15) is 90.0 Å². The molecule has 0 amide bonds. The van der Waals surface area contributed by atoms with E-state index in [1.807, 2.05) is 26.0 Å². The van der Waals surface area contributed by atoms with Crippen molar-refractivity contribution in [1.29, 1.82) is 0 Å². The van der Waals surface area contributed by atoms with Crippen LogP contribution >= 0.6 is 10.8 Å². The SMILES string of the molecule is CCCCCCCCCCCC[C@H](C)SS(=O)(=O)c1ccc(C)cc1. The summed E-state index contributed by atoms with van der Waals surface area (Å²) in [5.41, 5.74) is 1.09. The van der Waals surface area contributed by atoms with Gasteiger partial charge in [-0.05, 0) is 36.3 Å². The summed E-state index contributed by atoms with van der Waals surface area (Å²) in [7, 11) is -2.11. The Balaban J connectivity index is 2.12. The molecule has 2 nitrogen and oxygen atoms in total. The highest BCUT2D eigenvalue weighted by Gasteiger charge is 2.19. The Morgan fingerprint density at radius 3 is 1.84 bits per heavy atom. The first-order valence-corrected chi connectivity index (χ1v) is 12.8. The second-order valence-electron chi connectivity index (χ2n) is 7.14. The van der Waals surface area contributed by atoms with Crippen LogP contribution in [0.15, 0.2) is 29.2 Å². The minimum absolute atomic E-state index is 0.153. The number of benzene rings is 1. The Bertz CT molecular complexity index is 550. The van der Waals surface area contributed by atoms with Crippen LogP contribution in [0.25, 0.3) is 0 Å². The lowest BCUT2D eigenvalue weighted by Crippen LogP contribution is -2.04. The molecule has 0 unspecified atom stereocenters. The molecule has 0 spiro atoms. The largest absolute Gasteiger partial charge is 0.230 e. The van der Waals surface area contributed by atoms with E-state index in [2.05, 4.69) is 6.92 Å². The number of unbranched alkanes of at least 4 members (excludes halogenated alkanes) is 9. The predicted octanol–water partition coefficient (Wildman–Crippen LogP) is 7.12. The molecule has 144 valence electrons. The molecule has 0 aliphatic rings. The van der Waals surface area contributed by atoms with E-state index in [1.165, 1.54) is 57.8 Å². The van der Waals surface area contributed by atoms with Crippen molar-refractivity contribution < 1.29 is 8.42 Å². The standard InChI is InChI=1S/C21H36O2S2/c1-4-5-6-7-8-9-10-11-12-13-14-20(3)24-25(22,23)21-17-15-19(2)16-18-21/h15-18,20H,4-14H2,1-3H3/t20-/m0/s1. The second-order valence-corrected chi connectivity index (χ2v) is 11.4. The van der Waals surface area contributed by atoms with Crippen LogP contribution in [0.2, 0.25) is 0 Å². The van der Waals surface area contributed by atoms with Gasteiger partial charge >= 0.3 is 0 Å². The highest BCUT2D eigenvalue weighted by molar-refractivity contribution is 8.72. The molecule has 0 aromatic heterocycles. The third-order valence-corrected chi connectivity index (χ3v) is 8.55. The van der Waals surface area contributed by atoms with Crippen molar-refractivity contribution >= 4 is 19.7 Å². The van der Waals surface area contributed by atoms with Crippen molar-refractivity contribution in [3.05, 3.63) is 29.8 Å². The van der Waals surface area contributed by atoms with E-state index in [1.54, 1.807) is 12.1 Å². The molecule has 1 rings (SSSR count). The van der Waals surface area contributed by atoms with Gasteiger partial charge in [0.2, 0.25) is 8.87 Å². The smallest absolute Gasteiger partial charge is 0.212 e. The molecule has 4 heteroatoms. The lowest BCUT2D eigenvalue weighted by Gasteiger charge is -2.11. The van der Waals surface area contributed by atoms with Crippen LogP contribution in [0.5, 0.6) is 0 Å². The first kappa shape index (κ1) is 22.6. The molecule has 0 aliphatic carbocycles. The summed E-state index contributed by atoms with van der Waals surface area (Å²) in [5.74, 6) is 0. The fraction of sp³-hybridized carbons (Fsp3) is 0.714. The van der Waals surface area contributed by atoms with Crippen LogP contribution in [-0.4, -0.2) is 13.7 Å². The second kappa shape index (κ2) is 12.8. The molecule has 0 bridgehead atoms. The third-order valence-electron chi connectivity index (χ3n) is 4.56. The summed E-state index contributed by atoms with van der Waals surface area (Å²) < 4.78 is 24.8. The zero-order valence-corrected chi connectivity index (χ0v) is 17.9. The monoisotopic (exact) mass is 384 g/mol. The van der Waals surface area contributed by atoms with Crippen molar-refractivity contribution in [1.82, 2.24) is 0 Å². The van der Waals surface area contributed by atoms with Crippen LogP contribution in [-0.2, 0) is 8.87 Å².